The minimum atomic E-state index is -3.58. The summed E-state index contributed by atoms with van der Waals surface area (Å²) in [5.41, 5.74) is 1.51. The molecule has 2 heterocycles. The summed E-state index contributed by atoms with van der Waals surface area (Å²) in [7, 11) is 0.281. The summed E-state index contributed by atoms with van der Waals surface area (Å²) < 4.78 is 27.3. The number of carbonyl (C=O) groups excluding carboxylic acids is 1. The average molecular weight is 404 g/mol. The number of rotatable bonds is 5. The van der Waals surface area contributed by atoms with Gasteiger partial charge in [-0.1, -0.05) is 0 Å². The lowest BCUT2D eigenvalue weighted by atomic mass is 10.3. The van der Waals surface area contributed by atoms with Crippen molar-refractivity contribution in [1.29, 1.82) is 0 Å². The molecule has 0 spiro atoms. The fraction of sp³-hybridized carbons (Fsp3) is 0.389. The molecule has 28 heavy (non-hydrogen) atoms. The third-order valence-electron chi connectivity index (χ3n) is 4.52. The van der Waals surface area contributed by atoms with Crippen molar-refractivity contribution < 1.29 is 13.2 Å². The first-order valence-electron chi connectivity index (χ1n) is 8.90. The predicted molar refractivity (Wildman–Crippen MR) is 108 cm³/mol. The lowest BCUT2D eigenvalue weighted by molar-refractivity contribution is -0.114. The Labute approximate surface area is 165 Å². The van der Waals surface area contributed by atoms with Gasteiger partial charge in [0.05, 0.1) is 16.8 Å². The van der Waals surface area contributed by atoms with Gasteiger partial charge in [0.1, 0.15) is 0 Å². The molecule has 0 atom stereocenters. The first-order valence-corrected chi connectivity index (χ1v) is 10.3. The van der Waals surface area contributed by atoms with Gasteiger partial charge in [-0.3, -0.25) is 4.79 Å². The van der Waals surface area contributed by atoms with Crippen molar-refractivity contribution in [1.82, 2.24) is 14.5 Å². The maximum atomic E-state index is 12.9. The van der Waals surface area contributed by atoms with Gasteiger partial charge in [-0.25, -0.2) is 8.42 Å². The highest BCUT2D eigenvalue weighted by molar-refractivity contribution is 7.89. The van der Waals surface area contributed by atoms with E-state index in [0.29, 0.717) is 31.9 Å². The van der Waals surface area contributed by atoms with E-state index in [2.05, 4.69) is 15.5 Å². The molecule has 1 fully saturated rings. The van der Waals surface area contributed by atoms with Crippen LogP contribution in [-0.2, 0) is 14.8 Å². The summed E-state index contributed by atoms with van der Waals surface area (Å²) in [6.45, 7) is 3.21. The molecule has 1 saturated heterocycles. The van der Waals surface area contributed by atoms with Gasteiger partial charge in [-0.05, 0) is 24.3 Å². The number of carbonyl (C=O) groups is 1. The van der Waals surface area contributed by atoms with Crippen LogP contribution in [0.2, 0.25) is 0 Å². The van der Waals surface area contributed by atoms with Crippen molar-refractivity contribution in [2.24, 2.45) is 0 Å². The summed E-state index contributed by atoms with van der Waals surface area (Å²) in [6, 6.07) is 8.15. The highest BCUT2D eigenvalue weighted by atomic mass is 32.2. The topological polar surface area (TPSA) is 98.7 Å². The summed E-state index contributed by atoms with van der Waals surface area (Å²) in [5.74, 6) is 0.538. The monoisotopic (exact) mass is 404 g/mol. The molecule has 10 heteroatoms. The Morgan fingerprint density at radius 1 is 1.11 bits per heavy atom. The number of hydrogen-bond acceptors (Lipinski definition) is 7. The molecule has 0 radical (unpaired) electrons. The molecule has 0 unspecified atom stereocenters. The number of nitrogens with one attached hydrogen (secondary N) is 1. The van der Waals surface area contributed by atoms with Crippen molar-refractivity contribution in [2.45, 2.75) is 11.8 Å². The second-order valence-corrected chi connectivity index (χ2v) is 8.70. The van der Waals surface area contributed by atoms with Crippen molar-refractivity contribution in [3.05, 3.63) is 36.5 Å². The molecule has 0 saturated carbocycles. The Kier molecular flexibility index (Phi) is 5.80. The van der Waals surface area contributed by atoms with Crippen LogP contribution in [0.3, 0.4) is 0 Å². The number of piperazine rings is 1. The number of sulfonamides is 1. The molecule has 0 bridgehead atoms. The van der Waals surface area contributed by atoms with Crippen molar-refractivity contribution in [3.63, 3.8) is 0 Å². The molecule has 1 N–H and O–H groups in total. The van der Waals surface area contributed by atoms with Crippen LogP contribution in [-0.4, -0.2) is 69.1 Å². The van der Waals surface area contributed by atoms with E-state index in [1.807, 2.05) is 30.0 Å². The van der Waals surface area contributed by atoms with Gasteiger partial charge in [0.2, 0.25) is 15.9 Å². The summed E-state index contributed by atoms with van der Waals surface area (Å²) in [4.78, 5) is 15.3. The normalized spacial score (nSPS) is 15.3. The molecule has 1 aromatic carbocycles. The maximum absolute atomic E-state index is 12.9. The van der Waals surface area contributed by atoms with Crippen molar-refractivity contribution in [3.8, 4) is 0 Å². The second-order valence-electron chi connectivity index (χ2n) is 6.76. The quantitative estimate of drug-likeness (QED) is 0.794. The highest BCUT2D eigenvalue weighted by Crippen LogP contribution is 2.23. The predicted octanol–water partition coefficient (Wildman–Crippen LogP) is 1.01. The molecule has 1 aliphatic heterocycles. The van der Waals surface area contributed by atoms with Gasteiger partial charge in [0, 0.05) is 59.0 Å². The van der Waals surface area contributed by atoms with Gasteiger partial charge >= 0.3 is 0 Å². The van der Waals surface area contributed by atoms with Crippen molar-refractivity contribution in [2.75, 3.05) is 55.4 Å². The third kappa shape index (κ3) is 4.39. The Morgan fingerprint density at radius 3 is 2.32 bits per heavy atom. The molecular weight excluding hydrogens is 380 g/mol. The van der Waals surface area contributed by atoms with Crippen LogP contribution in [0.25, 0.3) is 0 Å². The molecule has 0 aliphatic carbocycles. The molecule has 1 aromatic heterocycles. The number of aromatic nitrogens is 2. The van der Waals surface area contributed by atoms with E-state index in [1.54, 1.807) is 18.3 Å². The van der Waals surface area contributed by atoms with Crippen LogP contribution < -0.4 is 15.1 Å². The number of amides is 1. The summed E-state index contributed by atoms with van der Waals surface area (Å²) in [5, 5.41) is 10.8. The van der Waals surface area contributed by atoms with Crippen LogP contribution in [0.15, 0.2) is 41.4 Å². The van der Waals surface area contributed by atoms with Crippen molar-refractivity contribution >= 4 is 33.1 Å². The molecule has 3 rings (SSSR count). The van der Waals surface area contributed by atoms with Crippen LogP contribution in [0, 0.1) is 0 Å². The lowest BCUT2D eigenvalue weighted by Gasteiger charge is -2.34. The van der Waals surface area contributed by atoms with Crippen LogP contribution in [0.5, 0.6) is 0 Å². The van der Waals surface area contributed by atoms with E-state index in [9.17, 15) is 13.2 Å². The third-order valence-corrected chi connectivity index (χ3v) is 6.43. The summed E-state index contributed by atoms with van der Waals surface area (Å²) in [6.07, 6.45) is 1.69. The molecular formula is C18H24N6O3S. The number of nitrogens with zero attached hydrogens (tertiary/aromatic N) is 5. The molecule has 9 nitrogen and oxygen atoms in total. The largest absolute Gasteiger partial charge is 0.376 e. The minimum absolute atomic E-state index is 0.201. The summed E-state index contributed by atoms with van der Waals surface area (Å²) >= 11 is 0. The molecule has 150 valence electrons. The van der Waals surface area contributed by atoms with E-state index < -0.39 is 10.0 Å². The highest BCUT2D eigenvalue weighted by Gasteiger charge is 2.29. The number of hydrogen-bond donors (Lipinski definition) is 1. The Bertz CT molecular complexity index is 938. The fourth-order valence-electron chi connectivity index (χ4n) is 2.96. The standard InChI is InChI=1S/C18H24N6O3S/c1-14(25)20-15-4-6-17(7-5-15)28(26,27)24-10-8-23(9-11-24)18-12-16(22(2)3)13-19-21-18/h4-7,12-13H,8-11H2,1-3H3,(H,20,25). The second kappa shape index (κ2) is 8.11. The zero-order chi connectivity index (χ0) is 20.3. The van der Waals surface area contributed by atoms with Gasteiger partial charge in [-0.15, -0.1) is 5.10 Å². The van der Waals surface area contributed by atoms with Gasteiger partial charge in [0.15, 0.2) is 5.82 Å². The number of anilines is 3. The number of benzene rings is 1. The van der Waals surface area contributed by atoms with E-state index in [4.69, 9.17) is 0 Å². The van der Waals surface area contributed by atoms with E-state index in [1.165, 1.54) is 23.4 Å². The van der Waals surface area contributed by atoms with E-state index >= 15 is 0 Å². The first-order chi connectivity index (χ1) is 13.3. The minimum Gasteiger partial charge on any atom is -0.376 e. The van der Waals surface area contributed by atoms with Gasteiger partial charge in [0.25, 0.3) is 0 Å². The molecule has 1 amide bonds. The van der Waals surface area contributed by atoms with Crippen LogP contribution in [0.1, 0.15) is 6.92 Å². The Morgan fingerprint density at radius 2 is 1.75 bits per heavy atom. The van der Waals surface area contributed by atoms with Crippen LogP contribution >= 0.6 is 0 Å². The Hall–Kier alpha value is -2.72. The smallest absolute Gasteiger partial charge is 0.243 e. The molecule has 2 aromatic rings. The Balaban J connectivity index is 1.68. The van der Waals surface area contributed by atoms with E-state index in [0.717, 1.165) is 11.5 Å². The fourth-order valence-corrected chi connectivity index (χ4v) is 4.39. The van der Waals surface area contributed by atoms with Crippen LogP contribution in [0.4, 0.5) is 17.2 Å². The lowest BCUT2D eigenvalue weighted by Crippen LogP contribution is -2.49. The first kappa shape index (κ1) is 20.0. The van der Waals surface area contributed by atoms with E-state index in [-0.39, 0.29) is 10.8 Å². The SMILES string of the molecule is CC(=O)Nc1ccc(S(=O)(=O)N2CCN(c3cc(N(C)C)cnn3)CC2)cc1. The maximum Gasteiger partial charge on any atom is 0.243 e. The average Bonchev–Trinajstić information content (AvgIpc) is 2.68. The van der Waals surface area contributed by atoms with Gasteiger partial charge < -0.3 is 15.1 Å². The zero-order valence-electron chi connectivity index (χ0n) is 16.2. The molecule has 1 aliphatic rings. The zero-order valence-corrected chi connectivity index (χ0v) is 17.0. The van der Waals surface area contributed by atoms with Gasteiger partial charge in [-0.2, -0.15) is 9.40 Å².